The Morgan fingerprint density at radius 3 is 2.59 bits per heavy atom. The number of fused-ring (bicyclic) bond motifs is 1. The molecule has 1 atom stereocenters. The average molecular weight is 426 g/mol. The van der Waals surface area contributed by atoms with Crippen LogP contribution in [0, 0.1) is 0 Å². The summed E-state index contributed by atoms with van der Waals surface area (Å²) in [6, 6.07) is 19.0. The third-order valence-electron chi connectivity index (χ3n) is 4.94. The number of amides is 2. The van der Waals surface area contributed by atoms with E-state index in [9.17, 15) is 9.59 Å². The van der Waals surface area contributed by atoms with Gasteiger partial charge in [0.2, 0.25) is 0 Å². The fourth-order valence-electron chi connectivity index (χ4n) is 3.52. The maximum absolute atomic E-state index is 12.4. The molecule has 3 aromatic rings. The standard InChI is InChI=1S/C22H20ClN3O2S/c23-16-7-9-17(10-8-16)25-22(28)21(27)24-14-19(20-6-3-13-29-20)26-12-11-15-4-1-2-5-18(15)26/h1-10,13,19H,11-12,14H2,(H,24,27)(H,25,28)/t19-/m0/s1. The molecule has 0 saturated carbocycles. The fraction of sp³-hybridized carbons (Fsp3) is 0.182. The molecule has 0 aliphatic carbocycles. The van der Waals surface area contributed by atoms with Crippen molar-refractivity contribution in [3.8, 4) is 0 Å². The summed E-state index contributed by atoms with van der Waals surface area (Å²) >= 11 is 7.50. The zero-order chi connectivity index (χ0) is 20.2. The van der Waals surface area contributed by atoms with Gasteiger partial charge in [0.15, 0.2) is 0 Å². The minimum Gasteiger partial charge on any atom is -0.361 e. The van der Waals surface area contributed by atoms with Crippen LogP contribution in [0.1, 0.15) is 16.5 Å². The Bertz CT molecular complexity index is 1010. The topological polar surface area (TPSA) is 61.4 Å². The Labute approximate surface area is 178 Å². The summed E-state index contributed by atoms with van der Waals surface area (Å²) in [5.74, 6) is -1.35. The Hall–Kier alpha value is -2.83. The first-order valence-electron chi connectivity index (χ1n) is 9.34. The third-order valence-corrected chi connectivity index (χ3v) is 6.16. The molecule has 0 fully saturated rings. The molecule has 7 heteroatoms. The zero-order valence-corrected chi connectivity index (χ0v) is 17.2. The highest BCUT2D eigenvalue weighted by Crippen LogP contribution is 2.36. The minimum absolute atomic E-state index is 0.0223. The number of thiophene rings is 1. The number of hydrogen-bond donors (Lipinski definition) is 2. The van der Waals surface area contributed by atoms with Crippen molar-refractivity contribution in [3.63, 3.8) is 0 Å². The van der Waals surface area contributed by atoms with Gasteiger partial charge in [0.1, 0.15) is 0 Å². The molecule has 0 radical (unpaired) electrons. The summed E-state index contributed by atoms with van der Waals surface area (Å²) in [4.78, 5) is 28.1. The predicted octanol–water partition coefficient (Wildman–Crippen LogP) is 4.26. The molecule has 0 saturated heterocycles. The van der Waals surface area contributed by atoms with Crippen molar-refractivity contribution < 1.29 is 9.59 Å². The van der Waals surface area contributed by atoms with Crippen LogP contribution in [0.25, 0.3) is 0 Å². The van der Waals surface area contributed by atoms with E-state index in [0.29, 0.717) is 17.3 Å². The quantitative estimate of drug-likeness (QED) is 0.600. The van der Waals surface area contributed by atoms with Gasteiger partial charge in [0, 0.05) is 34.4 Å². The third kappa shape index (κ3) is 4.44. The fourth-order valence-corrected chi connectivity index (χ4v) is 4.49. The van der Waals surface area contributed by atoms with Crippen LogP contribution in [0.5, 0.6) is 0 Å². The van der Waals surface area contributed by atoms with Crippen molar-refractivity contribution in [1.29, 1.82) is 0 Å². The van der Waals surface area contributed by atoms with Gasteiger partial charge in [-0.2, -0.15) is 0 Å². The molecule has 1 aliphatic rings. The first-order chi connectivity index (χ1) is 14.1. The van der Waals surface area contributed by atoms with Crippen molar-refractivity contribution in [2.45, 2.75) is 12.5 Å². The van der Waals surface area contributed by atoms with E-state index in [1.807, 2.05) is 23.6 Å². The lowest BCUT2D eigenvalue weighted by Gasteiger charge is -2.30. The Morgan fingerprint density at radius 2 is 1.83 bits per heavy atom. The minimum atomic E-state index is -0.695. The number of nitrogens with one attached hydrogen (secondary N) is 2. The summed E-state index contributed by atoms with van der Waals surface area (Å²) in [6.07, 6.45) is 0.975. The summed E-state index contributed by atoms with van der Waals surface area (Å²) in [5.41, 5.74) is 3.02. The van der Waals surface area contributed by atoms with Crippen LogP contribution in [-0.2, 0) is 16.0 Å². The molecule has 4 rings (SSSR count). The van der Waals surface area contributed by atoms with E-state index in [2.05, 4.69) is 33.7 Å². The Kier molecular flexibility index (Phi) is 5.83. The molecule has 2 aromatic carbocycles. The second kappa shape index (κ2) is 8.68. The van der Waals surface area contributed by atoms with Crippen LogP contribution in [0.4, 0.5) is 11.4 Å². The number of benzene rings is 2. The number of carbonyl (C=O) groups is 2. The van der Waals surface area contributed by atoms with Crippen molar-refractivity contribution in [2.75, 3.05) is 23.3 Å². The predicted molar refractivity (Wildman–Crippen MR) is 118 cm³/mol. The summed E-state index contributed by atoms with van der Waals surface area (Å²) < 4.78 is 0. The molecule has 29 heavy (non-hydrogen) atoms. The molecule has 5 nitrogen and oxygen atoms in total. The lowest BCUT2D eigenvalue weighted by molar-refractivity contribution is -0.136. The molecule has 0 spiro atoms. The maximum Gasteiger partial charge on any atom is 0.313 e. The summed E-state index contributed by atoms with van der Waals surface area (Å²) in [6.45, 7) is 1.23. The lowest BCUT2D eigenvalue weighted by atomic mass is 10.1. The number of anilines is 2. The molecule has 2 heterocycles. The van der Waals surface area contributed by atoms with Gasteiger partial charge in [0.05, 0.1) is 6.04 Å². The van der Waals surface area contributed by atoms with Crippen LogP contribution >= 0.6 is 22.9 Å². The van der Waals surface area contributed by atoms with Gasteiger partial charge in [0.25, 0.3) is 0 Å². The highest BCUT2D eigenvalue weighted by molar-refractivity contribution is 7.10. The highest BCUT2D eigenvalue weighted by Gasteiger charge is 2.28. The normalized spacial score (nSPS) is 13.6. The monoisotopic (exact) mass is 425 g/mol. The molecular formula is C22H20ClN3O2S. The second-order valence-corrected chi connectivity index (χ2v) is 8.19. The van der Waals surface area contributed by atoms with Gasteiger partial charge in [-0.1, -0.05) is 35.9 Å². The van der Waals surface area contributed by atoms with E-state index in [-0.39, 0.29) is 6.04 Å². The van der Waals surface area contributed by atoms with Crippen molar-refractivity contribution in [1.82, 2.24) is 5.32 Å². The molecule has 148 valence electrons. The molecule has 2 N–H and O–H groups in total. The zero-order valence-electron chi connectivity index (χ0n) is 15.6. The molecule has 2 amide bonds. The molecule has 1 aromatic heterocycles. The van der Waals surface area contributed by atoms with Crippen molar-refractivity contribution >= 4 is 46.1 Å². The van der Waals surface area contributed by atoms with E-state index in [4.69, 9.17) is 11.6 Å². The van der Waals surface area contributed by atoms with Gasteiger partial charge in [-0.15, -0.1) is 11.3 Å². The maximum atomic E-state index is 12.4. The number of para-hydroxylation sites is 1. The first kappa shape index (κ1) is 19.5. The Morgan fingerprint density at radius 1 is 1.03 bits per heavy atom. The van der Waals surface area contributed by atoms with Crippen LogP contribution in [0.15, 0.2) is 66.0 Å². The molecule has 0 unspecified atom stereocenters. The number of nitrogens with zero attached hydrogens (tertiary/aromatic N) is 1. The molecule has 0 bridgehead atoms. The van der Waals surface area contributed by atoms with Crippen molar-refractivity contribution in [2.24, 2.45) is 0 Å². The molecular weight excluding hydrogens is 406 g/mol. The van der Waals surface area contributed by atoms with E-state index in [0.717, 1.165) is 17.8 Å². The van der Waals surface area contributed by atoms with Gasteiger partial charge < -0.3 is 15.5 Å². The largest absolute Gasteiger partial charge is 0.361 e. The number of hydrogen-bond acceptors (Lipinski definition) is 4. The van der Waals surface area contributed by atoms with E-state index >= 15 is 0 Å². The van der Waals surface area contributed by atoms with Gasteiger partial charge in [-0.05, 0) is 53.8 Å². The van der Waals surface area contributed by atoms with Gasteiger partial charge in [-0.25, -0.2) is 0 Å². The Balaban J connectivity index is 1.44. The van der Waals surface area contributed by atoms with Gasteiger partial charge in [-0.3, -0.25) is 9.59 Å². The average Bonchev–Trinajstić information content (AvgIpc) is 3.40. The van der Waals surface area contributed by atoms with Gasteiger partial charge >= 0.3 is 11.8 Å². The van der Waals surface area contributed by atoms with Crippen molar-refractivity contribution in [3.05, 3.63) is 81.5 Å². The van der Waals surface area contributed by atoms with E-state index in [1.165, 1.54) is 11.3 Å². The first-order valence-corrected chi connectivity index (χ1v) is 10.6. The number of halogens is 1. The van der Waals surface area contributed by atoms with E-state index in [1.54, 1.807) is 35.6 Å². The number of carbonyl (C=O) groups excluding carboxylic acids is 2. The summed E-state index contributed by atoms with van der Waals surface area (Å²) in [7, 11) is 0. The second-order valence-electron chi connectivity index (χ2n) is 6.77. The van der Waals surface area contributed by atoms with Crippen LogP contribution in [-0.4, -0.2) is 24.9 Å². The SMILES string of the molecule is O=C(NC[C@@H](c1cccs1)N1CCc2ccccc21)C(=O)Nc1ccc(Cl)cc1. The highest BCUT2D eigenvalue weighted by atomic mass is 35.5. The lowest BCUT2D eigenvalue weighted by Crippen LogP contribution is -2.41. The van der Waals surface area contributed by atoms with Crippen LogP contribution in [0.3, 0.4) is 0 Å². The number of rotatable bonds is 5. The molecule has 1 aliphatic heterocycles. The smallest absolute Gasteiger partial charge is 0.313 e. The summed E-state index contributed by atoms with van der Waals surface area (Å²) in [5, 5.41) is 7.98. The van der Waals surface area contributed by atoms with E-state index < -0.39 is 11.8 Å². The van der Waals surface area contributed by atoms with Crippen LogP contribution < -0.4 is 15.5 Å². The van der Waals surface area contributed by atoms with Crippen LogP contribution in [0.2, 0.25) is 5.02 Å².